The van der Waals surface area contributed by atoms with Gasteiger partial charge in [0, 0.05) is 35.9 Å². The molecule has 20 heavy (non-hydrogen) atoms. The van der Waals surface area contributed by atoms with E-state index in [-0.39, 0.29) is 0 Å². The fraction of sp³-hybridized carbons (Fsp3) is 0.571. The summed E-state index contributed by atoms with van der Waals surface area (Å²) in [6.45, 7) is 3.93. The molecular formula is C14H20N2O2S2. The predicted octanol–water partition coefficient (Wildman–Crippen LogP) is 2.34. The number of sulfonamides is 1. The van der Waals surface area contributed by atoms with Gasteiger partial charge >= 0.3 is 0 Å². The van der Waals surface area contributed by atoms with Crippen molar-refractivity contribution in [3.05, 3.63) is 28.0 Å². The molecule has 3 rings (SSSR count). The normalized spacial score (nSPS) is 20.9. The van der Waals surface area contributed by atoms with Gasteiger partial charge in [0.05, 0.1) is 4.90 Å². The molecule has 0 aromatic carbocycles. The van der Waals surface area contributed by atoms with Crippen molar-refractivity contribution in [1.82, 2.24) is 9.62 Å². The van der Waals surface area contributed by atoms with Crippen molar-refractivity contribution >= 4 is 21.4 Å². The molecule has 1 fully saturated rings. The van der Waals surface area contributed by atoms with Gasteiger partial charge in [0.2, 0.25) is 10.0 Å². The van der Waals surface area contributed by atoms with Crippen LogP contribution in [0.2, 0.25) is 0 Å². The van der Waals surface area contributed by atoms with E-state index in [1.165, 1.54) is 29.8 Å². The maximum Gasteiger partial charge on any atom is 0.244 e. The Morgan fingerprint density at radius 2 is 2.25 bits per heavy atom. The summed E-state index contributed by atoms with van der Waals surface area (Å²) in [5, 5.41) is 5.18. The molecule has 1 aliphatic heterocycles. The van der Waals surface area contributed by atoms with Gasteiger partial charge in [-0.1, -0.05) is 11.6 Å². The van der Waals surface area contributed by atoms with Crippen molar-refractivity contribution in [2.45, 2.75) is 43.7 Å². The monoisotopic (exact) mass is 312 g/mol. The molecule has 0 unspecified atom stereocenters. The summed E-state index contributed by atoms with van der Waals surface area (Å²) >= 11 is 1.53. The van der Waals surface area contributed by atoms with Gasteiger partial charge in [-0.3, -0.25) is 0 Å². The first-order chi connectivity index (χ1) is 9.55. The van der Waals surface area contributed by atoms with E-state index >= 15 is 0 Å². The fourth-order valence-corrected chi connectivity index (χ4v) is 4.83. The first-order valence-corrected chi connectivity index (χ1v) is 9.34. The number of hydrogen-bond donors (Lipinski definition) is 1. The standard InChI is InChI=1S/C14H20N2O2S2/c1-11-4-6-16(7-5-11)20(17,18)14-8-13(19-10-14)9-15-12-2-3-12/h4,8,10,12,15H,2-3,5-7,9H2,1H3. The average Bonchev–Trinajstić information content (AvgIpc) is 3.13. The molecule has 1 saturated carbocycles. The first kappa shape index (κ1) is 14.3. The van der Waals surface area contributed by atoms with E-state index < -0.39 is 10.0 Å². The van der Waals surface area contributed by atoms with Crippen LogP contribution in [0.1, 0.15) is 31.1 Å². The van der Waals surface area contributed by atoms with Crippen molar-refractivity contribution in [1.29, 1.82) is 0 Å². The number of rotatable bonds is 5. The minimum atomic E-state index is -3.32. The Morgan fingerprint density at radius 1 is 1.45 bits per heavy atom. The number of nitrogens with zero attached hydrogens (tertiary/aromatic N) is 1. The van der Waals surface area contributed by atoms with Gasteiger partial charge in [-0.25, -0.2) is 8.42 Å². The Balaban J connectivity index is 1.70. The lowest BCUT2D eigenvalue weighted by Crippen LogP contribution is -2.34. The number of thiophene rings is 1. The zero-order valence-electron chi connectivity index (χ0n) is 11.6. The SMILES string of the molecule is CC1=CCN(S(=O)(=O)c2csc(CNC3CC3)c2)CC1. The lowest BCUT2D eigenvalue weighted by Gasteiger charge is -2.24. The molecule has 6 heteroatoms. The quantitative estimate of drug-likeness (QED) is 0.849. The van der Waals surface area contributed by atoms with Crippen LogP contribution < -0.4 is 5.32 Å². The van der Waals surface area contributed by atoms with Gasteiger partial charge in [-0.05, 0) is 32.3 Å². The molecule has 110 valence electrons. The summed E-state index contributed by atoms with van der Waals surface area (Å²) in [6, 6.07) is 2.47. The van der Waals surface area contributed by atoms with Crippen molar-refractivity contribution < 1.29 is 8.42 Å². The minimum absolute atomic E-state index is 0.447. The van der Waals surface area contributed by atoms with Gasteiger partial charge in [0.15, 0.2) is 0 Å². The molecule has 0 atom stereocenters. The van der Waals surface area contributed by atoms with E-state index in [1.807, 2.05) is 12.1 Å². The molecule has 1 aromatic heterocycles. The Hall–Kier alpha value is -0.690. The number of hydrogen-bond acceptors (Lipinski definition) is 4. The Bertz CT molecular complexity index is 615. The van der Waals surface area contributed by atoms with E-state index in [2.05, 4.69) is 12.2 Å². The van der Waals surface area contributed by atoms with E-state index in [4.69, 9.17) is 0 Å². The molecule has 0 spiro atoms. The molecule has 1 aromatic rings. The third kappa shape index (κ3) is 3.14. The highest BCUT2D eigenvalue weighted by molar-refractivity contribution is 7.89. The van der Waals surface area contributed by atoms with Gasteiger partial charge in [-0.15, -0.1) is 11.3 Å². The van der Waals surface area contributed by atoms with Gasteiger partial charge in [-0.2, -0.15) is 4.31 Å². The Labute approximate surface area is 124 Å². The van der Waals surface area contributed by atoms with Crippen LogP contribution in [0.15, 0.2) is 28.0 Å². The van der Waals surface area contributed by atoms with Crippen LogP contribution in [0.3, 0.4) is 0 Å². The second kappa shape index (κ2) is 5.60. The lowest BCUT2D eigenvalue weighted by atomic mass is 10.1. The van der Waals surface area contributed by atoms with Crippen molar-refractivity contribution in [3.8, 4) is 0 Å². The maximum absolute atomic E-state index is 12.5. The van der Waals surface area contributed by atoms with E-state index in [0.29, 0.717) is 24.0 Å². The highest BCUT2D eigenvalue weighted by Crippen LogP contribution is 2.26. The fourth-order valence-electron chi connectivity index (χ4n) is 2.24. The van der Waals surface area contributed by atoms with Crippen LogP contribution in [0, 0.1) is 0 Å². The largest absolute Gasteiger partial charge is 0.309 e. The Morgan fingerprint density at radius 3 is 2.90 bits per heavy atom. The molecular weight excluding hydrogens is 292 g/mol. The van der Waals surface area contributed by atoms with Gasteiger partial charge < -0.3 is 5.32 Å². The summed E-state index contributed by atoms with van der Waals surface area (Å²) in [4.78, 5) is 1.54. The zero-order chi connectivity index (χ0) is 14.2. The second-order valence-corrected chi connectivity index (χ2v) is 8.50. The molecule has 1 aliphatic carbocycles. The summed E-state index contributed by atoms with van der Waals surface area (Å²) in [6.07, 6.45) is 5.33. The minimum Gasteiger partial charge on any atom is -0.309 e. The van der Waals surface area contributed by atoms with E-state index in [1.54, 1.807) is 9.69 Å². The van der Waals surface area contributed by atoms with E-state index in [0.717, 1.165) is 17.8 Å². The highest BCUT2D eigenvalue weighted by atomic mass is 32.2. The van der Waals surface area contributed by atoms with Crippen LogP contribution in [-0.4, -0.2) is 31.9 Å². The summed E-state index contributed by atoms with van der Waals surface area (Å²) in [5.74, 6) is 0. The smallest absolute Gasteiger partial charge is 0.244 e. The average molecular weight is 312 g/mol. The molecule has 0 bridgehead atoms. The Kier molecular flexibility index (Phi) is 3.99. The van der Waals surface area contributed by atoms with Crippen LogP contribution in [0.25, 0.3) is 0 Å². The summed E-state index contributed by atoms with van der Waals surface area (Å²) in [7, 11) is -3.32. The van der Waals surface area contributed by atoms with Crippen molar-refractivity contribution in [2.75, 3.05) is 13.1 Å². The zero-order valence-corrected chi connectivity index (χ0v) is 13.3. The second-order valence-electron chi connectivity index (χ2n) is 5.57. The first-order valence-electron chi connectivity index (χ1n) is 7.02. The summed E-state index contributed by atoms with van der Waals surface area (Å²) in [5.41, 5.74) is 1.27. The molecule has 4 nitrogen and oxygen atoms in total. The summed E-state index contributed by atoms with van der Waals surface area (Å²) < 4.78 is 26.7. The topological polar surface area (TPSA) is 49.4 Å². The van der Waals surface area contributed by atoms with Crippen LogP contribution in [-0.2, 0) is 16.6 Å². The van der Waals surface area contributed by atoms with Crippen molar-refractivity contribution in [2.24, 2.45) is 0 Å². The molecule has 0 saturated heterocycles. The van der Waals surface area contributed by atoms with Crippen LogP contribution >= 0.6 is 11.3 Å². The highest BCUT2D eigenvalue weighted by Gasteiger charge is 2.27. The van der Waals surface area contributed by atoms with Gasteiger partial charge in [0.1, 0.15) is 0 Å². The lowest BCUT2D eigenvalue weighted by molar-refractivity contribution is 0.431. The molecule has 2 aliphatic rings. The predicted molar refractivity (Wildman–Crippen MR) is 81.3 cm³/mol. The third-order valence-corrected chi connectivity index (χ3v) is 6.74. The molecule has 1 N–H and O–H groups in total. The molecule has 0 radical (unpaired) electrons. The van der Waals surface area contributed by atoms with Gasteiger partial charge in [0.25, 0.3) is 0 Å². The van der Waals surface area contributed by atoms with Crippen molar-refractivity contribution in [3.63, 3.8) is 0 Å². The third-order valence-electron chi connectivity index (χ3n) is 3.81. The van der Waals surface area contributed by atoms with Crippen LogP contribution in [0.4, 0.5) is 0 Å². The maximum atomic E-state index is 12.5. The molecule has 0 amide bonds. The number of nitrogens with one attached hydrogen (secondary N) is 1. The van der Waals surface area contributed by atoms with E-state index in [9.17, 15) is 8.42 Å². The molecule has 2 heterocycles. The van der Waals surface area contributed by atoms with Crippen LogP contribution in [0.5, 0.6) is 0 Å².